The number of nitrogens with zero attached hydrogens (tertiary/aromatic N) is 1. The van der Waals surface area contributed by atoms with E-state index < -0.39 is 0 Å². The van der Waals surface area contributed by atoms with Crippen molar-refractivity contribution in [2.24, 2.45) is 0 Å². The van der Waals surface area contributed by atoms with E-state index in [1.807, 2.05) is 24.3 Å². The molecule has 3 nitrogen and oxygen atoms in total. The molecule has 3 heteroatoms. The van der Waals surface area contributed by atoms with E-state index >= 15 is 0 Å². The van der Waals surface area contributed by atoms with Crippen molar-refractivity contribution in [1.82, 2.24) is 4.57 Å². The number of fused-ring (bicyclic) bond motifs is 1. The molecule has 0 unspecified atom stereocenters. The van der Waals surface area contributed by atoms with Crippen molar-refractivity contribution in [3.05, 3.63) is 46.4 Å². The minimum atomic E-state index is -0.0331. The second-order valence-electron chi connectivity index (χ2n) is 3.81. The van der Waals surface area contributed by atoms with Gasteiger partial charge in [-0.25, -0.2) is 0 Å². The summed E-state index contributed by atoms with van der Waals surface area (Å²) in [6.07, 6.45) is 2.70. The third-order valence-corrected chi connectivity index (χ3v) is 2.79. The number of aromatic nitrogens is 1. The SMILES string of the molecule is CCc1ccc2c(=O)n(CCO)ccc2c1. The number of aliphatic hydroxyl groups excluding tert-OH is 1. The standard InChI is InChI=1S/C13H15NO2/c1-2-10-3-4-12-11(9-10)5-6-14(7-8-15)13(12)16/h3-6,9,15H,2,7-8H2,1H3. The van der Waals surface area contributed by atoms with Gasteiger partial charge in [0, 0.05) is 18.1 Å². The Balaban J connectivity index is 2.62. The van der Waals surface area contributed by atoms with Crippen molar-refractivity contribution in [1.29, 1.82) is 0 Å². The van der Waals surface area contributed by atoms with Crippen molar-refractivity contribution in [2.45, 2.75) is 19.9 Å². The molecule has 0 saturated carbocycles. The summed E-state index contributed by atoms with van der Waals surface area (Å²) in [7, 11) is 0. The van der Waals surface area contributed by atoms with Crippen LogP contribution in [0.15, 0.2) is 35.3 Å². The van der Waals surface area contributed by atoms with E-state index in [1.165, 1.54) is 10.1 Å². The number of rotatable bonds is 3. The summed E-state index contributed by atoms with van der Waals surface area (Å²) in [4.78, 5) is 12.0. The summed E-state index contributed by atoms with van der Waals surface area (Å²) in [5.41, 5.74) is 1.20. The Morgan fingerprint density at radius 3 is 2.81 bits per heavy atom. The molecule has 1 aromatic carbocycles. The lowest BCUT2D eigenvalue weighted by Gasteiger charge is -2.06. The van der Waals surface area contributed by atoms with Gasteiger partial charge >= 0.3 is 0 Å². The van der Waals surface area contributed by atoms with Crippen LogP contribution < -0.4 is 5.56 Å². The first-order valence-electron chi connectivity index (χ1n) is 5.49. The van der Waals surface area contributed by atoms with Gasteiger partial charge in [-0.1, -0.05) is 19.1 Å². The van der Waals surface area contributed by atoms with E-state index in [-0.39, 0.29) is 12.2 Å². The number of aliphatic hydroxyl groups is 1. The van der Waals surface area contributed by atoms with Crippen molar-refractivity contribution in [3.63, 3.8) is 0 Å². The van der Waals surface area contributed by atoms with Crippen LogP contribution in [0.1, 0.15) is 12.5 Å². The smallest absolute Gasteiger partial charge is 0.258 e. The van der Waals surface area contributed by atoms with Crippen molar-refractivity contribution in [3.8, 4) is 0 Å². The Kier molecular flexibility index (Phi) is 3.06. The molecule has 0 spiro atoms. The lowest BCUT2D eigenvalue weighted by atomic mass is 10.1. The van der Waals surface area contributed by atoms with Crippen LogP contribution in [0.4, 0.5) is 0 Å². The van der Waals surface area contributed by atoms with Crippen LogP contribution in [0.25, 0.3) is 10.8 Å². The Bertz CT molecular complexity index is 557. The number of hydrogen-bond acceptors (Lipinski definition) is 2. The quantitative estimate of drug-likeness (QED) is 0.847. The molecule has 1 N–H and O–H groups in total. The summed E-state index contributed by atoms with van der Waals surface area (Å²) >= 11 is 0. The highest BCUT2D eigenvalue weighted by Gasteiger charge is 2.02. The second kappa shape index (κ2) is 4.49. The van der Waals surface area contributed by atoms with E-state index in [1.54, 1.807) is 6.20 Å². The van der Waals surface area contributed by atoms with Gasteiger partial charge in [0.2, 0.25) is 0 Å². The predicted molar refractivity (Wildman–Crippen MR) is 64.7 cm³/mol. The second-order valence-corrected chi connectivity index (χ2v) is 3.81. The Morgan fingerprint density at radius 2 is 2.12 bits per heavy atom. The minimum absolute atomic E-state index is 0.0154. The maximum atomic E-state index is 12.0. The van der Waals surface area contributed by atoms with Gasteiger partial charge in [0.25, 0.3) is 5.56 Å². The van der Waals surface area contributed by atoms with Crippen molar-refractivity contribution < 1.29 is 5.11 Å². The summed E-state index contributed by atoms with van der Waals surface area (Å²) in [5, 5.41) is 10.5. The first kappa shape index (κ1) is 10.9. The molecule has 0 atom stereocenters. The van der Waals surface area contributed by atoms with Gasteiger partial charge < -0.3 is 9.67 Å². The van der Waals surface area contributed by atoms with E-state index in [9.17, 15) is 4.79 Å². The fourth-order valence-corrected chi connectivity index (χ4v) is 1.84. The molecular formula is C13H15NO2. The molecule has 0 aliphatic heterocycles. The maximum absolute atomic E-state index is 12.0. The summed E-state index contributed by atoms with van der Waals surface area (Å²) in [6.45, 7) is 2.43. The Labute approximate surface area is 94.0 Å². The highest BCUT2D eigenvalue weighted by Crippen LogP contribution is 2.12. The van der Waals surface area contributed by atoms with Crippen LogP contribution in [0.5, 0.6) is 0 Å². The molecule has 84 valence electrons. The molecular weight excluding hydrogens is 202 g/mol. The fraction of sp³-hybridized carbons (Fsp3) is 0.308. The van der Waals surface area contributed by atoms with Crippen molar-refractivity contribution >= 4 is 10.8 Å². The molecule has 2 rings (SSSR count). The zero-order valence-electron chi connectivity index (χ0n) is 9.31. The molecule has 1 aromatic heterocycles. The van der Waals surface area contributed by atoms with Gasteiger partial charge in [-0.05, 0) is 29.5 Å². The van der Waals surface area contributed by atoms with Crippen LogP contribution in [-0.2, 0) is 13.0 Å². The topological polar surface area (TPSA) is 42.2 Å². The summed E-state index contributed by atoms with van der Waals surface area (Å²) in [5.74, 6) is 0. The molecule has 0 aliphatic carbocycles. The lowest BCUT2D eigenvalue weighted by molar-refractivity contribution is 0.274. The lowest BCUT2D eigenvalue weighted by Crippen LogP contribution is -2.20. The molecule has 0 bridgehead atoms. The largest absolute Gasteiger partial charge is 0.395 e. The summed E-state index contributed by atoms with van der Waals surface area (Å²) < 4.78 is 1.54. The molecule has 2 aromatic rings. The van der Waals surface area contributed by atoms with Crippen molar-refractivity contribution in [2.75, 3.05) is 6.61 Å². The van der Waals surface area contributed by atoms with Crippen LogP contribution >= 0.6 is 0 Å². The molecule has 0 saturated heterocycles. The number of aryl methyl sites for hydroxylation is 1. The van der Waals surface area contributed by atoms with Crippen LogP contribution in [0, 0.1) is 0 Å². The van der Waals surface area contributed by atoms with E-state index in [4.69, 9.17) is 5.11 Å². The third-order valence-electron chi connectivity index (χ3n) is 2.79. The molecule has 0 aliphatic rings. The molecule has 1 heterocycles. The average molecular weight is 217 g/mol. The van der Waals surface area contributed by atoms with Gasteiger partial charge in [0.1, 0.15) is 0 Å². The number of hydrogen-bond donors (Lipinski definition) is 1. The zero-order valence-corrected chi connectivity index (χ0v) is 9.31. The molecule has 16 heavy (non-hydrogen) atoms. The van der Waals surface area contributed by atoms with Gasteiger partial charge in [-0.15, -0.1) is 0 Å². The first-order valence-corrected chi connectivity index (χ1v) is 5.49. The number of pyridine rings is 1. The average Bonchev–Trinajstić information content (AvgIpc) is 2.32. The Morgan fingerprint density at radius 1 is 1.31 bits per heavy atom. The molecule has 0 fully saturated rings. The van der Waals surface area contributed by atoms with Crippen LogP contribution in [-0.4, -0.2) is 16.3 Å². The van der Waals surface area contributed by atoms with Gasteiger partial charge in [0.15, 0.2) is 0 Å². The third kappa shape index (κ3) is 1.86. The molecule has 0 amide bonds. The van der Waals surface area contributed by atoms with E-state index in [0.717, 1.165) is 11.8 Å². The monoisotopic (exact) mass is 217 g/mol. The van der Waals surface area contributed by atoms with Gasteiger partial charge in [0.05, 0.1) is 6.61 Å². The van der Waals surface area contributed by atoms with Crippen LogP contribution in [0.2, 0.25) is 0 Å². The minimum Gasteiger partial charge on any atom is -0.395 e. The van der Waals surface area contributed by atoms with Gasteiger partial charge in [-0.2, -0.15) is 0 Å². The highest BCUT2D eigenvalue weighted by molar-refractivity contribution is 5.82. The highest BCUT2D eigenvalue weighted by atomic mass is 16.3. The predicted octanol–water partition coefficient (Wildman–Crippen LogP) is 1.56. The number of benzene rings is 1. The first-order chi connectivity index (χ1) is 7.76. The Hall–Kier alpha value is -1.61. The van der Waals surface area contributed by atoms with Crippen LogP contribution in [0.3, 0.4) is 0 Å². The summed E-state index contributed by atoms with van der Waals surface area (Å²) in [6, 6.07) is 7.81. The maximum Gasteiger partial charge on any atom is 0.258 e. The zero-order chi connectivity index (χ0) is 11.5. The normalized spacial score (nSPS) is 10.9. The van der Waals surface area contributed by atoms with E-state index in [2.05, 4.69) is 6.92 Å². The molecule has 0 radical (unpaired) electrons. The fourth-order valence-electron chi connectivity index (χ4n) is 1.84. The van der Waals surface area contributed by atoms with Gasteiger partial charge in [-0.3, -0.25) is 4.79 Å². The van der Waals surface area contributed by atoms with E-state index in [0.29, 0.717) is 11.9 Å².